The van der Waals surface area contributed by atoms with Gasteiger partial charge in [-0.15, -0.1) is 0 Å². The van der Waals surface area contributed by atoms with E-state index >= 15 is 0 Å². The first kappa shape index (κ1) is 23.3. The van der Waals surface area contributed by atoms with Crippen molar-refractivity contribution in [2.45, 2.75) is 6.61 Å². The first-order valence-electron chi connectivity index (χ1n) is 10.4. The number of methoxy groups -OCH3 is 1. The van der Waals surface area contributed by atoms with Gasteiger partial charge in [-0.05, 0) is 76.1 Å². The van der Waals surface area contributed by atoms with E-state index in [0.29, 0.717) is 32.7 Å². The van der Waals surface area contributed by atoms with Crippen LogP contribution in [0.5, 0.6) is 11.5 Å². The fraction of sp³-hybridized carbons (Fsp3) is 0.0769. The molecule has 4 aromatic rings. The number of nitrogens with one attached hydrogen (secondary N) is 1. The molecule has 8 heteroatoms. The molecular formula is C26H21BrFN3O3. The van der Waals surface area contributed by atoms with Crippen LogP contribution < -0.4 is 14.9 Å². The first-order valence-corrected chi connectivity index (χ1v) is 11.1. The third kappa shape index (κ3) is 5.52. The minimum absolute atomic E-state index is 0.0499. The highest BCUT2D eigenvalue weighted by atomic mass is 79.9. The van der Waals surface area contributed by atoms with Crippen LogP contribution >= 0.6 is 15.9 Å². The standard InChI is InChI=1S/C26H21BrFN3O3/c1-33-24-15-18(14-22(27)25(24)34-17-20-6-2-3-7-23(20)28)16-29-30-26(32)19-8-10-21(11-9-19)31-12-4-5-13-31/h2-16H,17H2,1H3,(H,30,32). The van der Waals surface area contributed by atoms with Crippen molar-refractivity contribution in [3.8, 4) is 17.2 Å². The zero-order chi connectivity index (χ0) is 23.9. The average Bonchev–Trinajstić information content (AvgIpc) is 3.39. The van der Waals surface area contributed by atoms with Crippen LogP contribution in [0.3, 0.4) is 0 Å². The third-order valence-electron chi connectivity index (χ3n) is 4.99. The van der Waals surface area contributed by atoms with Crippen molar-refractivity contribution in [1.82, 2.24) is 9.99 Å². The van der Waals surface area contributed by atoms with Crippen molar-refractivity contribution in [2.24, 2.45) is 5.10 Å². The molecule has 0 saturated heterocycles. The maximum atomic E-state index is 13.9. The van der Waals surface area contributed by atoms with E-state index in [2.05, 4.69) is 26.5 Å². The second kappa shape index (κ2) is 10.8. The van der Waals surface area contributed by atoms with Crippen LogP contribution in [0.25, 0.3) is 5.69 Å². The van der Waals surface area contributed by atoms with Crippen LogP contribution in [-0.2, 0) is 6.61 Å². The highest BCUT2D eigenvalue weighted by Gasteiger charge is 2.13. The van der Waals surface area contributed by atoms with Gasteiger partial charge in [-0.25, -0.2) is 9.82 Å². The summed E-state index contributed by atoms with van der Waals surface area (Å²) in [5, 5.41) is 4.05. The Morgan fingerprint density at radius 3 is 2.53 bits per heavy atom. The normalized spacial score (nSPS) is 10.9. The number of hydrazone groups is 1. The van der Waals surface area contributed by atoms with E-state index in [0.717, 1.165) is 5.69 Å². The van der Waals surface area contributed by atoms with Crippen molar-refractivity contribution in [3.05, 3.63) is 112 Å². The van der Waals surface area contributed by atoms with Crippen molar-refractivity contribution < 1.29 is 18.7 Å². The number of hydrogen-bond acceptors (Lipinski definition) is 4. The van der Waals surface area contributed by atoms with E-state index in [-0.39, 0.29) is 18.3 Å². The highest BCUT2D eigenvalue weighted by Crippen LogP contribution is 2.37. The van der Waals surface area contributed by atoms with Crippen molar-refractivity contribution in [1.29, 1.82) is 0 Å². The summed E-state index contributed by atoms with van der Waals surface area (Å²) >= 11 is 3.46. The maximum absolute atomic E-state index is 13.9. The second-order valence-corrected chi connectivity index (χ2v) is 8.10. The second-order valence-electron chi connectivity index (χ2n) is 7.25. The van der Waals surface area contributed by atoms with Crippen molar-refractivity contribution >= 4 is 28.1 Å². The molecule has 1 amide bonds. The smallest absolute Gasteiger partial charge is 0.271 e. The van der Waals surface area contributed by atoms with Gasteiger partial charge in [0.1, 0.15) is 12.4 Å². The van der Waals surface area contributed by atoms with Gasteiger partial charge in [0.15, 0.2) is 11.5 Å². The van der Waals surface area contributed by atoms with E-state index in [4.69, 9.17) is 9.47 Å². The SMILES string of the molecule is COc1cc(C=NNC(=O)c2ccc(-n3cccc3)cc2)cc(Br)c1OCc1ccccc1F. The molecule has 0 aliphatic carbocycles. The van der Waals surface area contributed by atoms with Gasteiger partial charge >= 0.3 is 0 Å². The molecule has 0 saturated carbocycles. The van der Waals surface area contributed by atoms with Gasteiger partial charge in [0, 0.05) is 29.2 Å². The number of benzene rings is 3. The Morgan fingerprint density at radius 1 is 1.09 bits per heavy atom. The zero-order valence-electron chi connectivity index (χ0n) is 18.2. The van der Waals surface area contributed by atoms with Crippen LogP contribution in [-0.4, -0.2) is 23.8 Å². The molecule has 1 heterocycles. The van der Waals surface area contributed by atoms with Gasteiger partial charge in [-0.1, -0.05) is 18.2 Å². The maximum Gasteiger partial charge on any atom is 0.271 e. The summed E-state index contributed by atoms with van der Waals surface area (Å²) in [6.07, 6.45) is 5.37. The van der Waals surface area contributed by atoms with E-state index in [1.807, 2.05) is 41.2 Å². The molecule has 0 aliphatic rings. The molecule has 6 nitrogen and oxygen atoms in total. The number of amides is 1. The summed E-state index contributed by atoms with van der Waals surface area (Å²) < 4.78 is 27.7. The third-order valence-corrected chi connectivity index (χ3v) is 5.58. The minimum Gasteiger partial charge on any atom is -0.493 e. The molecule has 1 N–H and O–H groups in total. The Balaban J connectivity index is 1.41. The lowest BCUT2D eigenvalue weighted by Gasteiger charge is -2.14. The van der Waals surface area contributed by atoms with Gasteiger partial charge in [0.2, 0.25) is 0 Å². The molecule has 4 rings (SSSR count). The Labute approximate surface area is 204 Å². The van der Waals surface area contributed by atoms with Crippen LogP contribution in [0.1, 0.15) is 21.5 Å². The number of hydrogen-bond donors (Lipinski definition) is 1. The van der Waals surface area contributed by atoms with Crippen molar-refractivity contribution in [2.75, 3.05) is 7.11 Å². The van der Waals surface area contributed by atoms with Gasteiger partial charge in [-0.3, -0.25) is 4.79 Å². The summed E-state index contributed by atoms with van der Waals surface area (Å²) in [5.41, 5.74) is 5.08. The Morgan fingerprint density at radius 2 is 1.82 bits per heavy atom. The predicted octanol–water partition coefficient (Wildman–Crippen LogP) is 5.73. The molecule has 34 heavy (non-hydrogen) atoms. The Hall–Kier alpha value is -3.91. The fourth-order valence-electron chi connectivity index (χ4n) is 3.24. The average molecular weight is 522 g/mol. The zero-order valence-corrected chi connectivity index (χ0v) is 19.8. The van der Waals surface area contributed by atoms with E-state index < -0.39 is 0 Å². The number of ether oxygens (including phenoxy) is 2. The van der Waals surface area contributed by atoms with Crippen LogP contribution in [0.2, 0.25) is 0 Å². The number of carbonyl (C=O) groups is 1. The quantitative estimate of drug-likeness (QED) is 0.238. The summed E-state index contributed by atoms with van der Waals surface area (Å²) in [7, 11) is 1.51. The number of rotatable bonds is 8. The molecule has 0 atom stereocenters. The van der Waals surface area contributed by atoms with Gasteiger partial charge in [0.05, 0.1) is 17.8 Å². The number of aromatic nitrogens is 1. The molecule has 0 aliphatic heterocycles. The van der Waals surface area contributed by atoms with Crippen LogP contribution in [0.15, 0.2) is 94.8 Å². The first-order chi connectivity index (χ1) is 16.5. The molecule has 0 spiro atoms. The highest BCUT2D eigenvalue weighted by molar-refractivity contribution is 9.10. The monoisotopic (exact) mass is 521 g/mol. The Bertz CT molecular complexity index is 1310. The largest absolute Gasteiger partial charge is 0.493 e. The molecule has 0 bridgehead atoms. The van der Waals surface area contributed by atoms with Crippen LogP contribution in [0.4, 0.5) is 4.39 Å². The topological polar surface area (TPSA) is 64.8 Å². The molecule has 1 aromatic heterocycles. The fourth-order valence-corrected chi connectivity index (χ4v) is 3.82. The summed E-state index contributed by atoms with van der Waals surface area (Å²) in [5.74, 6) is 0.219. The summed E-state index contributed by atoms with van der Waals surface area (Å²) in [4.78, 5) is 12.4. The number of carbonyl (C=O) groups excluding carboxylic acids is 1. The molecule has 3 aromatic carbocycles. The van der Waals surface area contributed by atoms with E-state index in [1.165, 1.54) is 19.4 Å². The summed E-state index contributed by atoms with van der Waals surface area (Å²) in [6.45, 7) is 0.0499. The van der Waals surface area contributed by atoms with Gasteiger partial charge < -0.3 is 14.0 Å². The van der Waals surface area contributed by atoms with E-state index in [9.17, 15) is 9.18 Å². The number of halogens is 2. The number of nitrogens with zero attached hydrogens (tertiary/aromatic N) is 2. The van der Waals surface area contributed by atoms with E-state index in [1.54, 1.807) is 42.5 Å². The molecular weight excluding hydrogens is 501 g/mol. The predicted molar refractivity (Wildman–Crippen MR) is 132 cm³/mol. The lowest BCUT2D eigenvalue weighted by atomic mass is 10.2. The molecule has 0 radical (unpaired) electrons. The lowest BCUT2D eigenvalue weighted by molar-refractivity contribution is 0.0955. The lowest BCUT2D eigenvalue weighted by Crippen LogP contribution is -2.17. The summed E-state index contributed by atoms with van der Waals surface area (Å²) in [6, 6.07) is 21.0. The molecule has 172 valence electrons. The van der Waals surface area contributed by atoms with Gasteiger partial charge in [0.25, 0.3) is 5.91 Å². The van der Waals surface area contributed by atoms with Crippen molar-refractivity contribution in [3.63, 3.8) is 0 Å². The Kier molecular flexibility index (Phi) is 7.39. The molecule has 0 fully saturated rings. The molecule has 0 unspecified atom stereocenters. The minimum atomic E-state index is -0.337. The van der Waals surface area contributed by atoms with Gasteiger partial charge in [-0.2, -0.15) is 5.10 Å². The van der Waals surface area contributed by atoms with Crippen LogP contribution in [0, 0.1) is 5.82 Å².